The maximum Gasteiger partial charge on any atom is 0.338 e. The highest BCUT2D eigenvalue weighted by Gasteiger charge is 2.33. The molecule has 352 valence electrons. The first kappa shape index (κ1) is 47.4. The summed E-state index contributed by atoms with van der Waals surface area (Å²) in [4.78, 5) is 30.3. The van der Waals surface area contributed by atoms with E-state index in [0.717, 1.165) is 134 Å². The summed E-state index contributed by atoms with van der Waals surface area (Å²) in [7, 11) is 0. The van der Waals surface area contributed by atoms with Crippen LogP contribution in [0.2, 0.25) is 0 Å². The first-order valence-electron chi connectivity index (χ1n) is 24.4. The second-order valence-corrected chi connectivity index (χ2v) is 17.3. The Morgan fingerprint density at radius 2 is 1.37 bits per heavy atom. The summed E-state index contributed by atoms with van der Waals surface area (Å²) >= 11 is 0. The van der Waals surface area contributed by atoms with Gasteiger partial charge in [0.1, 0.15) is 36.3 Å². The summed E-state index contributed by atoms with van der Waals surface area (Å²) < 4.78 is 27.6. The molecule has 0 bridgehead atoms. The molecule has 2 heterocycles. The number of anilines is 2. The van der Waals surface area contributed by atoms with E-state index in [4.69, 9.17) is 18.6 Å². The van der Waals surface area contributed by atoms with Crippen molar-refractivity contribution in [3.63, 3.8) is 0 Å². The maximum atomic E-state index is 14.0. The molecule has 0 radical (unpaired) electrons. The number of hydrogen-bond acceptors (Lipinski definition) is 9. The number of unbranched alkanes of at least 4 members (excludes halogenated alkanes) is 1. The number of aryl methyl sites for hydroxylation is 1. The van der Waals surface area contributed by atoms with Crippen molar-refractivity contribution in [1.29, 1.82) is 0 Å². The molecule has 0 aromatic heterocycles. The van der Waals surface area contributed by atoms with E-state index in [0.29, 0.717) is 24.0 Å². The number of hydrogen-bond donors (Lipinski definition) is 2. The largest absolute Gasteiger partial charge is 0.481 e. The van der Waals surface area contributed by atoms with E-state index in [1.165, 1.54) is 0 Å². The second-order valence-electron chi connectivity index (χ2n) is 17.3. The van der Waals surface area contributed by atoms with E-state index >= 15 is 0 Å². The molecule has 10 heteroatoms. The first-order valence-corrected chi connectivity index (χ1v) is 24.4. The molecule has 8 rings (SSSR count). The van der Waals surface area contributed by atoms with Crippen LogP contribution >= 0.6 is 0 Å². The van der Waals surface area contributed by atoms with Crippen molar-refractivity contribution in [1.82, 2.24) is 9.89 Å². The predicted octanol–water partition coefficient (Wildman–Crippen LogP) is 11.4. The predicted molar refractivity (Wildman–Crippen MR) is 276 cm³/mol. The lowest BCUT2D eigenvalue weighted by Gasteiger charge is -2.33. The van der Waals surface area contributed by atoms with Crippen molar-refractivity contribution in [2.75, 3.05) is 62.7 Å². The van der Waals surface area contributed by atoms with Gasteiger partial charge in [0, 0.05) is 94.7 Å². The fourth-order valence-electron chi connectivity index (χ4n) is 9.60. The van der Waals surface area contributed by atoms with E-state index in [2.05, 4.69) is 136 Å². The van der Waals surface area contributed by atoms with Crippen LogP contribution in [0.5, 0.6) is 5.75 Å². The van der Waals surface area contributed by atoms with Gasteiger partial charge in [-0.05, 0) is 139 Å². The molecule has 2 aliphatic heterocycles. The molecular formula is C58H65N4O6+. The number of fused-ring (bicyclic) bond motifs is 4. The molecule has 0 fully saturated rings. The summed E-state index contributed by atoms with van der Waals surface area (Å²) in [5, 5.41) is 8.93. The lowest BCUT2D eigenvalue weighted by atomic mass is 9.82. The van der Waals surface area contributed by atoms with Crippen molar-refractivity contribution >= 4 is 39.9 Å². The van der Waals surface area contributed by atoms with Gasteiger partial charge in [0.15, 0.2) is 0 Å². The molecule has 10 nitrogen and oxygen atoms in total. The summed E-state index contributed by atoms with van der Waals surface area (Å²) in [5.74, 6) is 0.682. The van der Waals surface area contributed by atoms with Gasteiger partial charge in [-0.15, -0.1) is 0 Å². The van der Waals surface area contributed by atoms with E-state index in [1.807, 2.05) is 48.5 Å². The Balaban J connectivity index is 1.00. The van der Waals surface area contributed by atoms with Crippen molar-refractivity contribution in [3.8, 4) is 28.2 Å². The average Bonchev–Trinajstić information content (AvgIpc) is 3.35. The topological polar surface area (TPSA) is 105 Å². The van der Waals surface area contributed by atoms with Gasteiger partial charge >= 0.3 is 11.9 Å². The fraction of sp³-hybridized carbons (Fsp3) is 0.328. The fourth-order valence-corrected chi connectivity index (χ4v) is 9.60. The first-order chi connectivity index (χ1) is 33.1. The number of nitrogens with one attached hydrogen (secondary N) is 2. The summed E-state index contributed by atoms with van der Waals surface area (Å²) in [6.45, 7) is 22.3. The lowest BCUT2D eigenvalue weighted by Crippen LogP contribution is -2.29. The van der Waals surface area contributed by atoms with E-state index in [9.17, 15) is 9.59 Å². The van der Waals surface area contributed by atoms with Crippen LogP contribution in [0.25, 0.3) is 39.0 Å². The monoisotopic (exact) mass is 913 g/mol. The third kappa shape index (κ3) is 9.55. The normalized spacial score (nSPS) is 14.1. The van der Waals surface area contributed by atoms with Gasteiger partial charge in [-0.25, -0.2) is 14.2 Å². The molecule has 0 saturated carbocycles. The minimum absolute atomic E-state index is 0.171. The average molecular weight is 914 g/mol. The van der Waals surface area contributed by atoms with E-state index in [1.54, 1.807) is 0 Å². The number of rotatable bonds is 18. The van der Waals surface area contributed by atoms with Crippen LogP contribution < -0.4 is 30.2 Å². The Morgan fingerprint density at radius 3 is 2.03 bits per heavy atom. The number of benzene rings is 5. The van der Waals surface area contributed by atoms with Crippen molar-refractivity contribution in [3.05, 3.63) is 159 Å². The number of ether oxygens (including phenoxy) is 3. The molecule has 0 spiro atoms. The van der Waals surface area contributed by atoms with E-state index < -0.39 is 11.9 Å². The Kier molecular flexibility index (Phi) is 14.8. The standard InChI is InChI=1S/C58H65N4O6/c1-9-59-49-35-53-47(31-37(49)7)56(48-32-38(8)50(60-10-2)36-54(48)68-53)42-22-16-18-24-44(42)58(64)66-30-20-19-29-65-57(63)43-23-17-15-21-41(43)55-45-27-25-39(61(11-3)12-4)33-51(45)67-52-34-40(26-28-46(52)55)62(13-5)14-6/h15-18,21-28,31-36,53,59-60H,9-14,19-20,29-30H2,1-8H3/q+1. The Labute approximate surface area is 401 Å². The zero-order chi connectivity index (χ0) is 47.9. The van der Waals surface area contributed by atoms with Crippen molar-refractivity contribution in [2.45, 2.75) is 74.3 Å². The zero-order valence-corrected chi connectivity index (χ0v) is 40.9. The third-order valence-electron chi connectivity index (χ3n) is 13.1. The quantitative estimate of drug-likeness (QED) is 0.0377. The van der Waals surface area contributed by atoms with Crippen LogP contribution in [-0.2, 0) is 9.47 Å². The van der Waals surface area contributed by atoms with Gasteiger partial charge < -0.3 is 34.2 Å². The number of allylic oxidation sites excluding steroid dienone is 1. The lowest BCUT2D eigenvalue weighted by molar-refractivity contribution is 0.0432. The van der Waals surface area contributed by atoms with Gasteiger partial charge in [-0.2, -0.15) is 0 Å². The smallest absolute Gasteiger partial charge is 0.338 e. The zero-order valence-electron chi connectivity index (χ0n) is 40.9. The third-order valence-corrected chi connectivity index (χ3v) is 13.1. The van der Waals surface area contributed by atoms with Crippen LogP contribution in [0.4, 0.5) is 11.4 Å². The van der Waals surface area contributed by atoms with Gasteiger partial charge in [0.25, 0.3) is 0 Å². The van der Waals surface area contributed by atoms with Gasteiger partial charge in [-0.1, -0.05) is 36.4 Å². The molecule has 4 aromatic rings. The molecular weight excluding hydrogens is 849 g/mol. The summed E-state index contributed by atoms with van der Waals surface area (Å²) in [5.41, 5.74) is 13.3. The molecule has 1 atom stereocenters. The Bertz CT molecular complexity index is 2980. The number of carbonyl (C=O) groups is 2. The van der Waals surface area contributed by atoms with Gasteiger partial charge in [0.05, 0.1) is 30.4 Å². The molecule has 2 N–H and O–H groups in total. The van der Waals surface area contributed by atoms with Crippen LogP contribution in [0, 0.1) is 6.92 Å². The highest BCUT2D eigenvalue weighted by molar-refractivity contribution is 6.08. The molecule has 4 aliphatic rings. The highest BCUT2D eigenvalue weighted by Crippen LogP contribution is 2.46. The molecule has 1 unspecified atom stereocenters. The maximum absolute atomic E-state index is 14.0. The van der Waals surface area contributed by atoms with Gasteiger partial charge in [0.2, 0.25) is 5.36 Å². The van der Waals surface area contributed by atoms with Crippen molar-refractivity contribution < 1.29 is 28.2 Å². The highest BCUT2D eigenvalue weighted by atomic mass is 16.5. The summed E-state index contributed by atoms with van der Waals surface area (Å²) in [6, 6.07) is 32.2. The molecule has 0 amide bonds. The van der Waals surface area contributed by atoms with Gasteiger partial charge in [-0.3, -0.25) is 0 Å². The molecule has 2 aliphatic carbocycles. The minimum Gasteiger partial charge on any atom is -0.481 e. The SMILES string of the molecule is CCNC1=CC2Oc3cc(NCC)c(C)cc3C(c3ccccc3C(=O)OCCCCOC(=O)c3ccccc3-c3c4ccc(=[N+](CC)CC)cc-4oc4cc(N(CC)CC)ccc34)=C2C=C1C. The number of nitrogens with zero attached hydrogens (tertiary/aromatic N) is 2. The number of carbonyl (C=O) groups excluding carboxylic acids is 2. The summed E-state index contributed by atoms with van der Waals surface area (Å²) in [6.07, 6.45) is 4.98. The van der Waals surface area contributed by atoms with E-state index in [-0.39, 0.29) is 19.3 Å². The van der Waals surface area contributed by atoms with Crippen molar-refractivity contribution in [2.24, 2.45) is 0 Å². The van der Waals surface area contributed by atoms with Crippen LogP contribution in [0.15, 0.2) is 130 Å². The van der Waals surface area contributed by atoms with Crippen LogP contribution in [-0.4, -0.2) is 70.5 Å². The molecule has 68 heavy (non-hydrogen) atoms. The second kappa shape index (κ2) is 21.3. The molecule has 4 aromatic carbocycles. The number of esters is 2. The van der Waals surface area contributed by atoms with Crippen LogP contribution in [0.1, 0.15) is 98.7 Å². The number of likely N-dealkylation sites (N-methyl/N-ethyl adjacent to an activating group) is 1. The molecule has 0 saturated heterocycles. The Morgan fingerprint density at radius 1 is 0.706 bits per heavy atom. The van der Waals surface area contributed by atoms with Crippen LogP contribution in [0.3, 0.4) is 0 Å². The minimum atomic E-state index is -0.412. The Hall–Kier alpha value is -7.07.